The van der Waals surface area contributed by atoms with E-state index in [2.05, 4.69) is 4.98 Å². The van der Waals surface area contributed by atoms with E-state index in [4.69, 9.17) is 16.3 Å². The minimum absolute atomic E-state index is 0.00982. The number of carbonyl (C=O) groups is 1. The zero-order valence-electron chi connectivity index (χ0n) is 15.0. The smallest absolute Gasteiger partial charge is 0.315 e. The number of benzene rings is 2. The van der Waals surface area contributed by atoms with Gasteiger partial charge in [-0.1, -0.05) is 23.7 Å². The summed E-state index contributed by atoms with van der Waals surface area (Å²) in [6, 6.07) is 16.9. The highest BCUT2D eigenvalue weighted by Crippen LogP contribution is 2.24. The molecule has 0 aliphatic rings. The summed E-state index contributed by atoms with van der Waals surface area (Å²) in [5.74, 6) is 0.0484. The summed E-state index contributed by atoms with van der Waals surface area (Å²) < 4.78 is 6.97. The van der Waals surface area contributed by atoms with E-state index in [1.807, 2.05) is 0 Å². The topological polar surface area (TPSA) is 86.7 Å². The van der Waals surface area contributed by atoms with E-state index in [0.717, 1.165) is 11.1 Å². The Hall–Kier alpha value is -3.71. The lowest BCUT2D eigenvalue weighted by Crippen LogP contribution is -2.11. The van der Waals surface area contributed by atoms with Gasteiger partial charge in [-0.2, -0.15) is 0 Å². The van der Waals surface area contributed by atoms with Crippen molar-refractivity contribution < 1.29 is 14.5 Å². The molecule has 2 aromatic heterocycles. The SMILES string of the molecule is O=C(Cc1ccc(Cl)cc1)Oc1ccc(-c2cn3cc([N+](=O)[O-])ccc3n2)cc1. The molecule has 2 heterocycles. The lowest BCUT2D eigenvalue weighted by molar-refractivity contribution is -0.385. The van der Waals surface area contributed by atoms with Gasteiger partial charge in [-0.15, -0.1) is 0 Å². The quantitative estimate of drug-likeness (QED) is 0.207. The molecule has 7 nitrogen and oxygen atoms in total. The lowest BCUT2D eigenvalue weighted by Gasteiger charge is -2.05. The van der Waals surface area contributed by atoms with Gasteiger partial charge < -0.3 is 4.74 Å². The molecule has 0 atom stereocenters. The molecule has 2 aromatic carbocycles. The summed E-state index contributed by atoms with van der Waals surface area (Å²) >= 11 is 5.84. The predicted molar refractivity (Wildman–Crippen MR) is 108 cm³/mol. The molecule has 8 heteroatoms. The van der Waals surface area contributed by atoms with Crippen LogP contribution in [0, 0.1) is 10.1 Å². The maximum atomic E-state index is 12.1. The first-order chi connectivity index (χ1) is 14.0. The molecule has 0 unspecified atom stereocenters. The van der Waals surface area contributed by atoms with Crippen molar-refractivity contribution in [1.29, 1.82) is 0 Å². The average Bonchev–Trinajstić information content (AvgIpc) is 3.13. The second-order valence-corrected chi connectivity index (χ2v) is 6.77. The molecule has 144 valence electrons. The van der Waals surface area contributed by atoms with Gasteiger partial charge in [0.15, 0.2) is 0 Å². The third-order valence-electron chi connectivity index (χ3n) is 4.29. The zero-order chi connectivity index (χ0) is 20.4. The monoisotopic (exact) mass is 407 g/mol. The minimum Gasteiger partial charge on any atom is -0.426 e. The van der Waals surface area contributed by atoms with Gasteiger partial charge in [0.2, 0.25) is 0 Å². The molecule has 0 saturated heterocycles. The number of aromatic nitrogens is 2. The fourth-order valence-electron chi connectivity index (χ4n) is 2.86. The van der Waals surface area contributed by atoms with Crippen LogP contribution in [0.2, 0.25) is 5.02 Å². The first-order valence-electron chi connectivity index (χ1n) is 8.67. The maximum absolute atomic E-state index is 12.1. The van der Waals surface area contributed by atoms with Gasteiger partial charge in [0.25, 0.3) is 5.69 Å². The molecule has 0 N–H and O–H groups in total. The first-order valence-corrected chi connectivity index (χ1v) is 9.04. The van der Waals surface area contributed by atoms with Crippen LogP contribution in [0.5, 0.6) is 5.75 Å². The van der Waals surface area contributed by atoms with Crippen molar-refractivity contribution in [2.24, 2.45) is 0 Å². The van der Waals surface area contributed by atoms with Crippen LogP contribution < -0.4 is 4.74 Å². The molecule has 4 rings (SSSR count). The van der Waals surface area contributed by atoms with Crippen LogP contribution in [0.25, 0.3) is 16.9 Å². The maximum Gasteiger partial charge on any atom is 0.315 e. The number of hydrogen-bond donors (Lipinski definition) is 0. The second-order valence-electron chi connectivity index (χ2n) is 6.34. The number of rotatable bonds is 5. The van der Waals surface area contributed by atoms with Gasteiger partial charge in [0.05, 0.1) is 23.2 Å². The van der Waals surface area contributed by atoms with Crippen LogP contribution in [0.15, 0.2) is 73.1 Å². The highest BCUT2D eigenvalue weighted by Gasteiger charge is 2.11. The van der Waals surface area contributed by atoms with Gasteiger partial charge in [-0.25, -0.2) is 4.98 Å². The third kappa shape index (κ3) is 4.25. The normalized spacial score (nSPS) is 10.8. The van der Waals surface area contributed by atoms with Crippen LogP contribution in [0.3, 0.4) is 0 Å². The minimum atomic E-state index is -0.452. The Morgan fingerprint density at radius 1 is 1.03 bits per heavy atom. The first kappa shape index (κ1) is 18.6. The number of ether oxygens (including phenoxy) is 1. The van der Waals surface area contributed by atoms with Crippen molar-refractivity contribution in [1.82, 2.24) is 9.38 Å². The van der Waals surface area contributed by atoms with Crippen LogP contribution in [-0.4, -0.2) is 20.3 Å². The number of carbonyl (C=O) groups excluding carboxylic acids is 1. The lowest BCUT2D eigenvalue weighted by atomic mass is 10.1. The molecular weight excluding hydrogens is 394 g/mol. The molecule has 4 aromatic rings. The number of imidazole rings is 1. The van der Waals surface area contributed by atoms with Crippen LogP contribution in [0.4, 0.5) is 5.69 Å². The van der Waals surface area contributed by atoms with E-state index < -0.39 is 4.92 Å². The molecule has 0 spiro atoms. The summed E-state index contributed by atoms with van der Waals surface area (Å²) in [5.41, 5.74) is 2.86. The Morgan fingerprint density at radius 3 is 2.45 bits per heavy atom. The van der Waals surface area contributed by atoms with Crippen molar-refractivity contribution in [3.63, 3.8) is 0 Å². The number of nitrogens with zero attached hydrogens (tertiary/aromatic N) is 3. The summed E-state index contributed by atoms with van der Waals surface area (Å²) in [6.45, 7) is 0. The van der Waals surface area contributed by atoms with Gasteiger partial charge >= 0.3 is 5.97 Å². The highest BCUT2D eigenvalue weighted by atomic mass is 35.5. The number of pyridine rings is 1. The fourth-order valence-corrected chi connectivity index (χ4v) is 2.98. The van der Waals surface area contributed by atoms with E-state index in [1.54, 1.807) is 65.2 Å². The van der Waals surface area contributed by atoms with Crippen LogP contribution >= 0.6 is 11.6 Å². The molecule has 0 aliphatic heterocycles. The fraction of sp³-hybridized carbons (Fsp3) is 0.0476. The Labute approximate surface area is 170 Å². The van der Waals surface area contributed by atoms with Gasteiger partial charge in [-0.3, -0.25) is 19.3 Å². The number of fused-ring (bicyclic) bond motifs is 1. The van der Waals surface area contributed by atoms with Crippen molar-refractivity contribution in [2.75, 3.05) is 0 Å². The summed E-state index contributed by atoms with van der Waals surface area (Å²) in [5, 5.41) is 11.5. The number of esters is 1. The van der Waals surface area contributed by atoms with Gasteiger partial charge in [0.1, 0.15) is 11.4 Å². The van der Waals surface area contributed by atoms with E-state index in [0.29, 0.717) is 22.1 Å². The summed E-state index contributed by atoms with van der Waals surface area (Å²) in [6.07, 6.45) is 3.27. The Morgan fingerprint density at radius 2 is 1.76 bits per heavy atom. The number of hydrogen-bond acceptors (Lipinski definition) is 5. The summed E-state index contributed by atoms with van der Waals surface area (Å²) in [4.78, 5) is 27.0. The van der Waals surface area contributed by atoms with Crippen molar-refractivity contribution in [3.8, 4) is 17.0 Å². The largest absolute Gasteiger partial charge is 0.426 e. The molecule has 0 bridgehead atoms. The highest BCUT2D eigenvalue weighted by molar-refractivity contribution is 6.30. The van der Waals surface area contributed by atoms with Gasteiger partial charge in [0, 0.05) is 22.8 Å². The summed E-state index contributed by atoms with van der Waals surface area (Å²) in [7, 11) is 0. The van der Waals surface area contributed by atoms with Crippen molar-refractivity contribution >= 4 is 28.9 Å². The van der Waals surface area contributed by atoms with E-state index in [1.165, 1.54) is 12.3 Å². The standard InChI is InChI=1S/C21H14ClN3O4/c22-16-5-1-14(2-6-16)11-21(26)29-18-8-3-15(4-9-18)19-13-24-12-17(25(27)28)7-10-20(24)23-19/h1-10,12-13H,11H2. The van der Waals surface area contributed by atoms with E-state index in [-0.39, 0.29) is 18.1 Å². The molecule has 29 heavy (non-hydrogen) atoms. The Balaban J connectivity index is 1.47. The number of halogens is 1. The molecule has 0 amide bonds. The molecule has 0 saturated carbocycles. The second kappa shape index (κ2) is 7.73. The predicted octanol–water partition coefficient (Wildman–Crippen LogP) is 4.71. The van der Waals surface area contributed by atoms with Crippen molar-refractivity contribution in [2.45, 2.75) is 6.42 Å². The van der Waals surface area contributed by atoms with Crippen LogP contribution in [-0.2, 0) is 11.2 Å². The molecule has 0 fully saturated rings. The van der Waals surface area contributed by atoms with Crippen molar-refractivity contribution in [3.05, 3.63) is 93.8 Å². The average molecular weight is 408 g/mol. The number of nitro groups is 1. The zero-order valence-corrected chi connectivity index (χ0v) is 15.7. The molecule has 0 aliphatic carbocycles. The Bertz CT molecular complexity index is 1200. The Kier molecular flexibility index (Phi) is 4.97. The molecule has 0 radical (unpaired) electrons. The third-order valence-corrected chi connectivity index (χ3v) is 4.54. The van der Waals surface area contributed by atoms with Crippen LogP contribution in [0.1, 0.15) is 5.56 Å². The van der Waals surface area contributed by atoms with Gasteiger partial charge in [-0.05, 0) is 48.0 Å². The van der Waals surface area contributed by atoms with E-state index >= 15 is 0 Å². The molecular formula is C21H14ClN3O4. The van der Waals surface area contributed by atoms with E-state index in [9.17, 15) is 14.9 Å².